The van der Waals surface area contributed by atoms with E-state index in [9.17, 15) is 9.59 Å². The molecular weight excluding hydrogens is 342 g/mol. The molecule has 1 aromatic heterocycles. The second-order valence-electron chi connectivity index (χ2n) is 8.08. The van der Waals surface area contributed by atoms with E-state index in [1.807, 2.05) is 40.1 Å². The molecule has 1 aromatic carbocycles. The number of carbonyl (C=O) groups excluding carboxylic acids is 2. The Bertz CT molecular complexity index is 938. The zero-order chi connectivity index (χ0) is 18.8. The van der Waals surface area contributed by atoms with E-state index in [2.05, 4.69) is 18.8 Å². The Labute approximate surface area is 158 Å². The zero-order valence-corrected chi connectivity index (χ0v) is 15.6. The third kappa shape index (κ3) is 2.19. The summed E-state index contributed by atoms with van der Waals surface area (Å²) in [7, 11) is 0. The van der Waals surface area contributed by atoms with Crippen molar-refractivity contribution in [1.29, 1.82) is 0 Å². The molecule has 6 heteroatoms. The molecule has 140 valence electrons. The van der Waals surface area contributed by atoms with Crippen molar-refractivity contribution in [3.05, 3.63) is 42.1 Å². The first-order valence-corrected chi connectivity index (χ1v) is 9.64. The number of pyridine rings is 1. The lowest BCUT2D eigenvalue weighted by atomic mass is 10.0. The van der Waals surface area contributed by atoms with Crippen LogP contribution in [0.5, 0.6) is 0 Å². The van der Waals surface area contributed by atoms with Crippen LogP contribution in [0.15, 0.2) is 36.5 Å². The zero-order valence-electron chi connectivity index (χ0n) is 15.6. The largest absolute Gasteiger partial charge is 0.351 e. The van der Waals surface area contributed by atoms with E-state index in [1.165, 1.54) is 0 Å². The van der Waals surface area contributed by atoms with Gasteiger partial charge in [-0.25, -0.2) is 0 Å². The van der Waals surface area contributed by atoms with Gasteiger partial charge in [-0.2, -0.15) is 0 Å². The smallest absolute Gasteiger partial charge is 0.254 e. The predicted molar refractivity (Wildman–Crippen MR) is 100.0 cm³/mol. The number of rotatable bonds is 2. The average molecular weight is 365 g/mol. The first-order valence-electron chi connectivity index (χ1n) is 9.64. The van der Waals surface area contributed by atoms with Gasteiger partial charge in [0.25, 0.3) is 5.91 Å². The van der Waals surface area contributed by atoms with Crippen molar-refractivity contribution < 1.29 is 14.3 Å². The third-order valence-electron chi connectivity index (χ3n) is 6.39. The average Bonchev–Trinajstić information content (AvgIpc) is 3.30. The number of nitrogens with zero attached hydrogens (tertiary/aromatic N) is 3. The van der Waals surface area contributed by atoms with E-state index in [-0.39, 0.29) is 23.9 Å². The van der Waals surface area contributed by atoms with Gasteiger partial charge in [-0.3, -0.25) is 14.6 Å². The number of aromatic nitrogens is 1. The van der Waals surface area contributed by atoms with Crippen LogP contribution in [0.4, 0.5) is 0 Å². The number of likely N-dealkylation sites (tertiary alicyclic amines) is 1. The molecule has 6 nitrogen and oxygen atoms in total. The molecule has 2 aromatic rings. The fourth-order valence-electron chi connectivity index (χ4n) is 5.06. The molecule has 2 amide bonds. The summed E-state index contributed by atoms with van der Waals surface area (Å²) in [4.78, 5) is 34.4. The lowest BCUT2D eigenvalue weighted by molar-refractivity contribution is -0.139. The highest BCUT2D eigenvalue weighted by Crippen LogP contribution is 2.49. The van der Waals surface area contributed by atoms with Crippen LogP contribution in [-0.4, -0.2) is 57.6 Å². The molecule has 4 heterocycles. The molecule has 3 aliphatic rings. The van der Waals surface area contributed by atoms with Gasteiger partial charge in [-0.15, -0.1) is 0 Å². The van der Waals surface area contributed by atoms with Crippen molar-refractivity contribution >= 4 is 22.7 Å². The van der Waals surface area contributed by atoms with E-state index < -0.39 is 5.72 Å². The maximum absolute atomic E-state index is 13.4. The molecule has 1 spiro atoms. The number of hydrogen-bond acceptors (Lipinski definition) is 4. The van der Waals surface area contributed by atoms with E-state index in [0.29, 0.717) is 37.5 Å². The lowest BCUT2D eigenvalue weighted by Gasteiger charge is -2.34. The van der Waals surface area contributed by atoms with Gasteiger partial charge >= 0.3 is 0 Å². The van der Waals surface area contributed by atoms with Gasteiger partial charge in [-0.1, -0.05) is 26.0 Å². The molecule has 0 unspecified atom stereocenters. The monoisotopic (exact) mass is 365 g/mol. The number of carbonyl (C=O) groups is 2. The molecular formula is C21H23N3O3. The van der Waals surface area contributed by atoms with Gasteiger partial charge < -0.3 is 14.5 Å². The Kier molecular flexibility index (Phi) is 3.56. The summed E-state index contributed by atoms with van der Waals surface area (Å²) in [5.74, 6) is 0.399. The van der Waals surface area contributed by atoms with Gasteiger partial charge in [0, 0.05) is 30.1 Å². The second kappa shape index (κ2) is 5.76. The van der Waals surface area contributed by atoms with Crippen molar-refractivity contribution in [2.45, 2.75) is 44.5 Å². The third-order valence-corrected chi connectivity index (χ3v) is 6.39. The molecule has 5 rings (SSSR count). The van der Waals surface area contributed by atoms with Crippen molar-refractivity contribution in [3.63, 3.8) is 0 Å². The summed E-state index contributed by atoms with van der Waals surface area (Å²) in [6, 6.07) is 9.27. The van der Waals surface area contributed by atoms with Gasteiger partial charge in [0.1, 0.15) is 0 Å². The molecule has 3 atom stereocenters. The standard InChI is InChI=1S/C21H23N3O3/c1-13(2)17-12-27-21-8-10-23(18(21)11-19(25)24(17)21)20(26)15-5-3-7-16-14(15)6-4-9-22-16/h3-7,9,13,17-18H,8,10-12H2,1-2H3/t17-,18+,21-/m0/s1. The van der Waals surface area contributed by atoms with Gasteiger partial charge in [-0.05, 0) is 24.1 Å². The summed E-state index contributed by atoms with van der Waals surface area (Å²) in [5, 5.41) is 0.847. The summed E-state index contributed by atoms with van der Waals surface area (Å²) in [6.45, 7) is 5.40. The highest BCUT2D eigenvalue weighted by molar-refractivity contribution is 6.06. The first-order chi connectivity index (χ1) is 13.0. The Morgan fingerprint density at radius 3 is 2.96 bits per heavy atom. The Balaban J connectivity index is 1.51. The number of amides is 2. The molecule has 3 saturated heterocycles. The maximum atomic E-state index is 13.4. The summed E-state index contributed by atoms with van der Waals surface area (Å²) < 4.78 is 6.24. The van der Waals surface area contributed by atoms with Gasteiger partial charge in [0.05, 0.1) is 30.6 Å². The van der Waals surface area contributed by atoms with Crippen molar-refractivity contribution in [1.82, 2.24) is 14.8 Å². The number of fused-ring (bicyclic) bond motifs is 1. The Morgan fingerprint density at radius 1 is 1.30 bits per heavy atom. The van der Waals surface area contributed by atoms with Crippen LogP contribution in [-0.2, 0) is 9.53 Å². The molecule has 0 saturated carbocycles. The molecule has 0 bridgehead atoms. The normalized spacial score (nSPS) is 29.7. The minimum atomic E-state index is -0.634. The van der Waals surface area contributed by atoms with Crippen molar-refractivity contribution in [2.24, 2.45) is 5.92 Å². The van der Waals surface area contributed by atoms with E-state index in [0.717, 1.165) is 10.9 Å². The van der Waals surface area contributed by atoms with Gasteiger partial charge in [0.2, 0.25) is 5.91 Å². The highest BCUT2D eigenvalue weighted by Gasteiger charge is 2.65. The highest BCUT2D eigenvalue weighted by atomic mass is 16.5. The summed E-state index contributed by atoms with van der Waals surface area (Å²) in [6.07, 6.45) is 2.76. The maximum Gasteiger partial charge on any atom is 0.254 e. The van der Waals surface area contributed by atoms with E-state index >= 15 is 0 Å². The van der Waals surface area contributed by atoms with Crippen molar-refractivity contribution in [3.8, 4) is 0 Å². The number of benzene rings is 1. The Hall–Kier alpha value is -2.47. The minimum absolute atomic E-state index is 0.0401. The fourth-order valence-corrected chi connectivity index (χ4v) is 5.06. The summed E-state index contributed by atoms with van der Waals surface area (Å²) >= 11 is 0. The van der Waals surface area contributed by atoms with E-state index in [4.69, 9.17) is 4.74 Å². The first kappa shape index (κ1) is 16.7. The quantitative estimate of drug-likeness (QED) is 0.820. The van der Waals surface area contributed by atoms with Gasteiger partial charge in [0.15, 0.2) is 5.72 Å². The molecule has 0 radical (unpaired) electrons. The van der Waals surface area contributed by atoms with Crippen LogP contribution in [0, 0.1) is 5.92 Å². The lowest BCUT2D eigenvalue weighted by Crippen LogP contribution is -2.51. The van der Waals surface area contributed by atoms with Crippen LogP contribution in [0.25, 0.3) is 10.9 Å². The van der Waals surface area contributed by atoms with Crippen LogP contribution >= 0.6 is 0 Å². The molecule has 3 aliphatic heterocycles. The Morgan fingerprint density at radius 2 is 2.15 bits per heavy atom. The molecule has 3 fully saturated rings. The SMILES string of the molecule is CC(C)[C@@H]1CO[C@@]23CCN(C(=O)c4cccc5ncccc45)[C@@H]2CC(=O)N13. The van der Waals surface area contributed by atoms with Crippen LogP contribution in [0.2, 0.25) is 0 Å². The molecule has 0 N–H and O–H groups in total. The van der Waals surface area contributed by atoms with Crippen molar-refractivity contribution in [2.75, 3.05) is 13.2 Å². The number of hydrogen-bond donors (Lipinski definition) is 0. The van der Waals surface area contributed by atoms with E-state index in [1.54, 1.807) is 6.20 Å². The molecule has 27 heavy (non-hydrogen) atoms. The van der Waals surface area contributed by atoms with Crippen LogP contribution in [0.1, 0.15) is 37.0 Å². The topological polar surface area (TPSA) is 62.7 Å². The fraction of sp³-hybridized carbons (Fsp3) is 0.476. The minimum Gasteiger partial charge on any atom is -0.351 e. The van der Waals surface area contributed by atoms with Crippen LogP contribution in [0.3, 0.4) is 0 Å². The second-order valence-corrected chi connectivity index (χ2v) is 8.08. The summed E-state index contributed by atoms with van der Waals surface area (Å²) in [5.41, 5.74) is 0.810. The van der Waals surface area contributed by atoms with Crippen LogP contribution < -0.4 is 0 Å². The number of ether oxygens (including phenoxy) is 1. The predicted octanol–water partition coefficient (Wildman–Crippen LogP) is 2.43. The molecule has 0 aliphatic carbocycles.